The van der Waals surface area contributed by atoms with Gasteiger partial charge in [0.1, 0.15) is 10.7 Å². The van der Waals surface area contributed by atoms with Gasteiger partial charge in [-0.3, -0.25) is 14.2 Å². The molecule has 24 heavy (non-hydrogen) atoms. The third-order valence-electron chi connectivity index (χ3n) is 3.66. The van der Waals surface area contributed by atoms with Gasteiger partial charge in [0.2, 0.25) is 0 Å². The number of halogens is 2. The minimum atomic E-state index is -0.962. The molecule has 0 saturated carbocycles. The minimum absolute atomic E-state index is 0.0829. The minimum Gasteiger partial charge on any atom is -0.481 e. The van der Waals surface area contributed by atoms with E-state index in [2.05, 4.69) is 4.98 Å². The number of aromatic nitrogens is 2. The van der Waals surface area contributed by atoms with Crippen molar-refractivity contribution < 1.29 is 9.90 Å². The van der Waals surface area contributed by atoms with Crippen LogP contribution in [-0.2, 0) is 11.3 Å². The van der Waals surface area contributed by atoms with Crippen LogP contribution in [0.2, 0.25) is 10.0 Å². The van der Waals surface area contributed by atoms with Crippen LogP contribution in [0.4, 0.5) is 0 Å². The number of benzene rings is 1. The Bertz CT molecular complexity index is 1010. The van der Waals surface area contributed by atoms with Gasteiger partial charge in [-0.15, -0.1) is 11.3 Å². The number of rotatable bonds is 4. The van der Waals surface area contributed by atoms with E-state index in [1.54, 1.807) is 25.1 Å². The summed E-state index contributed by atoms with van der Waals surface area (Å²) in [4.78, 5) is 28.7. The van der Waals surface area contributed by atoms with Crippen molar-refractivity contribution in [2.45, 2.75) is 19.9 Å². The molecule has 0 aliphatic heterocycles. The largest absolute Gasteiger partial charge is 0.481 e. The quantitative estimate of drug-likeness (QED) is 0.733. The highest BCUT2D eigenvalue weighted by molar-refractivity contribution is 7.17. The zero-order valence-electron chi connectivity index (χ0n) is 12.5. The Morgan fingerprint density at radius 1 is 1.33 bits per heavy atom. The van der Waals surface area contributed by atoms with Gasteiger partial charge in [0, 0.05) is 17.5 Å². The first kappa shape index (κ1) is 17.0. The maximum atomic E-state index is 12.8. The standard InChI is InChI=1S/C16H12Cl2N2O3S/c1-8-19-15-14(16(23)20(8)5-4-13(21)22)10(7-24-15)9-2-3-11(17)12(18)6-9/h2-3,6-7H,4-5H2,1H3,(H,21,22). The van der Waals surface area contributed by atoms with E-state index in [1.807, 2.05) is 5.38 Å². The Morgan fingerprint density at radius 2 is 2.08 bits per heavy atom. The van der Waals surface area contributed by atoms with Crippen molar-refractivity contribution in [3.05, 3.63) is 49.8 Å². The van der Waals surface area contributed by atoms with Crippen LogP contribution < -0.4 is 5.56 Å². The lowest BCUT2D eigenvalue weighted by molar-refractivity contribution is -0.137. The molecule has 0 radical (unpaired) electrons. The van der Waals surface area contributed by atoms with Crippen molar-refractivity contribution in [1.29, 1.82) is 0 Å². The molecule has 0 saturated heterocycles. The first-order valence-electron chi connectivity index (χ1n) is 7.04. The molecule has 0 atom stereocenters. The molecule has 0 unspecified atom stereocenters. The second-order valence-corrected chi connectivity index (χ2v) is 6.89. The Balaban J connectivity index is 2.20. The molecule has 0 aliphatic rings. The molecule has 5 nitrogen and oxygen atoms in total. The Kier molecular flexibility index (Phi) is 4.62. The van der Waals surface area contributed by atoms with E-state index in [0.717, 1.165) is 11.1 Å². The average Bonchev–Trinajstić information content (AvgIpc) is 2.93. The Hall–Kier alpha value is -1.89. The molecule has 0 fully saturated rings. The lowest BCUT2D eigenvalue weighted by Gasteiger charge is -2.09. The number of hydrogen-bond donors (Lipinski definition) is 1. The summed E-state index contributed by atoms with van der Waals surface area (Å²) in [6.45, 7) is 1.78. The van der Waals surface area contributed by atoms with Crippen molar-refractivity contribution in [3.63, 3.8) is 0 Å². The molecule has 2 heterocycles. The van der Waals surface area contributed by atoms with Crippen molar-refractivity contribution in [2.75, 3.05) is 0 Å². The summed E-state index contributed by atoms with van der Waals surface area (Å²) in [5, 5.41) is 12.0. The summed E-state index contributed by atoms with van der Waals surface area (Å²) in [5.41, 5.74) is 1.24. The van der Waals surface area contributed by atoms with E-state index in [1.165, 1.54) is 15.9 Å². The van der Waals surface area contributed by atoms with E-state index < -0.39 is 5.97 Å². The van der Waals surface area contributed by atoms with Gasteiger partial charge >= 0.3 is 5.97 Å². The van der Waals surface area contributed by atoms with Crippen molar-refractivity contribution >= 4 is 50.7 Å². The second kappa shape index (κ2) is 6.55. The highest BCUT2D eigenvalue weighted by Crippen LogP contribution is 2.34. The predicted octanol–water partition coefficient (Wildman–Crippen LogP) is 4.21. The van der Waals surface area contributed by atoms with Crippen LogP contribution in [-0.4, -0.2) is 20.6 Å². The van der Waals surface area contributed by atoms with Crippen LogP contribution >= 0.6 is 34.5 Å². The Labute approximate surface area is 151 Å². The van der Waals surface area contributed by atoms with Gasteiger partial charge in [-0.2, -0.15) is 0 Å². The van der Waals surface area contributed by atoms with Crippen molar-refractivity contribution in [2.24, 2.45) is 0 Å². The molecule has 0 bridgehead atoms. The summed E-state index contributed by atoms with van der Waals surface area (Å²) in [6.07, 6.45) is -0.139. The fourth-order valence-electron chi connectivity index (χ4n) is 2.47. The van der Waals surface area contributed by atoms with Crippen LogP contribution in [0.25, 0.3) is 21.3 Å². The second-order valence-electron chi connectivity index (χ2n) is 5.22. The molecule has 0 aliphatic carbocycles. The number of fused-ring (bicyclic) bond motifs is 1. The monoisotopic (exact) mass is 382 g/mol. The lowest BCUT2D eigenvalue weighted by Crippen LogP contribution is -2.24. The fourth-order valence-corrected chi connectivity index (χ4v) is 3.75. The molecule has 8 heteroatoms. The van der Waals surface area contributed by atoms with Crippen LogP contribution in [0.15, 0.2) is 28.4 Å². The van der Waals surface area contributed by atoms with E-state index >= 15 is 0 Å². The highest BCUT2D eigenvalue weighted by atomic mass is 35.5. The van der Waals surface area contributed by atoms with E-state index in [-0.39, 0.29) is 18.5 Å². The molecule has 1 N–H and O–H groups in total. The van der Waals surface area contributed by atoms with Gasteiger partial charge in [-0.05, 0) is 24.6 Å². The number of thiophene rings is 1. The molecule has 0 amide bonds. The molecule has 1 aromatic carbocycles. The zero-order chi connectivity index (χ0) is 17.4. The van der Waals surface area contributed by atoms with Crippen LogP contribution in [0.5, 0.6) is 0 Å². The first-order chi connectivity index (χ1) is 11.4. The van der Waals surface area contributed by atoms with Crippen LogP contribution in [0.3, 0.4) is 0 Å². The summed E-state index contributed by atoms with van der Waals surface area (Å²) in [7, 11) is 0. The van der Waals surface area contributed by atoms with Crippen LogP contribution in [0.1, 0.15) is 12.2 Å². The van der Waals surface area contributed by atoms with Crippen LogP contribution in [0, 0.1) is 6.92 Å². The van der Waals surface area contributed by atoms with Gasteiger partial charge in [-0.1, -0.05) is 29.3 Å². The van der Waals surface area contributed by atoms with Gasteiger partial charge in [-0.25, -0.2) is 4.98 Å². The van der Waals surface area contributed by atoms with E-state index in [4.69, 9.17) is 28.3 Å². The number of aliphatic carboxylic acids is 1. The molecular formula is C16H12Cl2N2O3S. The molecule has 2 aromatic heterocycles. The topological polar surface area (TPSA) is 72.2 Å². The average molecular weight is 383 g/mol. The maximum Gasteiger partial charge on any atom is 0.305 e. The molecular weight excluding hydrogens is 371 g/mol. The number of hydrogen-bond acceptors (Lipinski definition) is 4. The third-order valence-corrected chi connectivity index (χ3v) is 5.28. The Morgan fingerprint density at radius 3 is 2.75 bits per heavy atom. The highest BCUT2D eigenvalue weighted by Gasteiger charge is 2.16. The number of carboxylic acids is 1. The molecule has 3 rings (SSSR count). The van der Waals surface area contributed by atoms with Crippen molar-refractivity contribution in [3.8, 4) is 11.1 Å². The predicted molar refractivity (Wildman–Crippen MR) is 96.3 cm³/mol. The molecule has 0 spiro atoms. The number of aryl methyl sites for hydroxylation is 1. The SMILES string of the molecule is Cc1nc2scc(-c3ccc(Cl)c(Cl)c3)c2c(=O)n1CCC(=O)O. The van der Waals surface area contributed by atoms with Gasteiger partial charge in [0.15, 0.2) is 0 Å². The summed E-state index contributed by atoms with van der Waals surface area (Å²) in [5.74, 6) is -0.465. The molecule has 124 valence electrons. The number of nitrogens with zero attached hydrogens (tertiary/aromatic N) is 2. The third kappa shape index (κ3) is 3.05. The first-order valence-corrected chi connectivity index (χ1v) is 8.68. The van der Waals surface area contributed by atoms with Gasteiger partial charge in [0.05, 0.1) is 21.9 Å². The zero-order valence-corrected chi connectivity index (χ0v) is 14.9. The summed E-state index contributed by atoms with van der Waals surface area (Å²) in [6, 6.07) is 5.16. The van der Waals surface area contributed by atoms with E-state index in [9.17, 15) is 9.59 Å². The van der Waals surface area contributed by atoms with Crippen molar-refractivity contribution in [1.82, 2.24) is 9.55 Å². The summed E-state index contributed by atoms with van der Waals surface area (Å²) >= 11 is 13.4. The van der Waals surface area contributed by atoms with E-state index in [0.29, 0.717) is 26.1 Å². The van der Waals surface area contributed by atoms with Gasteiger partial charge in [0.25, 0.3) is 5.56 Å². The van der Waals surface area contributed by atoms with Gasteiger partial charge < -0.3 is 5.11 Å². The maximum absolute atomic E-state index is 12.8. The number of carboxylic acid groups (broad SMARTS) is 1. The smallest absolute Gasteiger partial charge is 0.305 e. The number of carbonyl (C=O) groups is 1. The summed E-state index contributed by atoms with van der Waals surface area (Å²) < 4.78 is 1.39. The fraction of sp³-hybridized carbons (Fsp3) is 0.188. The normalized spacial score (nSPS) is 11.1. The lowest BCUT2D eigenvalue weighted by atomic mass is 10.1. The molecule has 3 aromatic rings.